The lowest BCUT2D eigenvalue weighted by atomic mass is 10.2. The second-order valence-corrected chi connectivity index (χ2v) is 5.11. The minimum absolute atomic E-state index is 0.0848. The summed E-state index contributed by atoms with van der Waals surface area (Å²) >= 11 is 0. The molecule has 6 heteroatoms. The Hall–Kier alpha value is -3.15. The van der Waals surface area contributed by atoms with Crippen LogP contribution in [0.5, 0.6) is 5.75 Å². The van der Waals surface area contributed by atoms with E-state index in [1.54, 1.807) is 42.5 Å². The zero-order valence-corrected chi connectivity index (χ0v) is 12.6. The maximum absolute atomic E-state index is 13.5. The molecular formula is C18H14FNO4. The molecule has 0 aliphatic carbocycles. The van der Waals surface area contributed by atoms with Gasteiger partial charge in [-0.05, 0) is 24.3 Å². The van der Waals surface area contributed by atoms with Gasteiger partial charge in [-0.2, -0.15) is 0 Å². The summed E-state index contributed by atoms with van der Waals surface area (Å²) in [5.41, 5.74) is 0.326. The molecule has 1 N–H and O–H groups in total. The smallest absolute Gasteiger partial charge is 0.336 e. The molecular weight excluding hydrogens is 313 g/mol. The molecule has 0 aliphatic rings. The molecule has 0 spiro atoms. The van der Waals surface area contributed by atoms with E-state index in [-0.39, 0.29) is 24.9 Å². The molecule has 1 aromatic heterocycles. The molecule has 0 radical (unpaired) electrons. The van der Waals surface area contributed by atoms with Gasteiger partial charge in [-0.25, -0.2) is 9.18 Å². The van der Waals surface area contributed by atoms with Crippen molar-refractivity contribution in [1.82, 2.24) is 5.32 Å². The third-order valence-corrected chi connectivity index (χ3v) is 3.40. The van der Waals surface area contributed by atoms with E-state index in [0.717, 1.165) is 5.39 Å². The summed E-state index contributed by atoms with van der Waals surface area (Å²) in [5, 5.41) is 3.33. The highest BCUT2D eigenvalue weighted by Gasteiger charge is 2.06. The number of halogens is 1. The summed E-state index contributed by atoms with van der Waals surface area (Å²) in [4.78, 5) is 23.0. The van der Waals surface area contributed by atoms with Crippen LogP contribution in [-0.4, -0.2) is 12.5 Å². The van der Waals surface area contributed by atoms with E-state index in [9.17, 15) is 14.0 Å². The second-order valence-electron chi connectivity index (χ2n) is 5.11. The standard InChI is InChI=1S/C18H14FNO4/c19-15-4-2-1-3-13(15)10-20-17(21)11-23-14-7-5-12-6-8-18(22)24-16(12)9-14/h1-9H,10-11H2,(H,20,21). The number of carbonyl (C=O) groups excluding carboxylic acids is 1. The van der Waals surface area contributed by atoms with Crippen LogP contribution >= 0.6 is 0 Å². The number of hydrogen-bond acceptors (Lipinski definition) is 4. The minimum Gasteiger partial charge on any atom is -0.484 e. The number of ether oxygens (including phenoxy) is 1. The molecule has 122 valence electrons. The van der Waals surface area contributed by atoms with Crippen LogP contribution in [0.25, 0.3) is 11.0 Å². The van der Waals surface area contributed by atoms with Crippen LogP contribution < -0.4 is 15.7 Å². The highest BCUT2D eigenvalue weighted by molar-refractivity contribution is 5.79. The van der Waals surface area contributed by atoms with Gasteiger partial charge in [-0.15, -0.1) is 0 Å². The molecule has 0 atom stereocenters. The van der Waals surface area contributed by atoms with Gasteiger partial charge < -0.3 is 14.5 Å². The van der Waals surface area contributed by atoms with Gasteiger partial charge in [0.2, 0.25) is 0 Å². The quantitative estimate of drug-likeness (QED) is 0.732. The van der Waals surface area contributed by atoms with Gasteiger partial charge in [0.05, 0.1) is 0 Å². The Labute approximate surface area is 136 Å². The summed E-state index contributed by atoms with van der Waals surface area (Å²) in [6.07, 6.45) is 0. The van der Waals surface area contributed by atoms with Gasteiger partial charge in [0, 0.05) is 29.6 Å². The first kappa shape index (κ1) is 15.7. The molecule has 0 saturated carbocycles. The van der Waals surface area contributed by atoms with Crippen molar-refractivity contribution >= 4 is 16.9 Å². The summed E-state index contributed by atoms with van der Waals surface area (Å²) < 4.78 is 23.9. The largest absolute Gasteiger partial charge is 0.484 e. The first-order chi connectivity index (χ1) is 11.6. The average molecular weight is 327 g/mol. The van der Waals surface area contributed by atoms with Gasteiger partial charge in [0.15, 0.2) is 6.61 Å². The SMILES string of the molecule is O=C(COc1ccc2ccc(=O)oc2c1)NCc1ccccc1F. The first-order valence-electron chi connectivity index (χ1n) is 7.29. The predicted octanol–water partition coefficient (Wildman–Crippen LogP) is 2.63. The molecule has 0 unspecified atom stereocenters. The van der Waals surface area contributed by atoms with E-state index in [1.807, 2.05) is 0 Å². The Morgan fingerprint density at radius 3 is 2.75 bits per heavy atom. The normalized spacial score (nSPS) is 10.5. The van der Waals surface area contributed by atoms with Crippen molar-refractivity contribution in [2.45, 2.75) is 6.54 Å². The van der Waals surface area contributed by atoms with Crippen molar-refractivity contribution in [3.05, 3.63) is 76.4 Å². The van der Waals surface area contributed by atoms with Crippen molar-refractivity contribution in [3.63, 3.8) is 0 Å². The zero-order valence-electron chi connectivity index (χ0n) is 12.6. The van der Waals surface area contributed by atoms with E-state index in [2.05, 4.69) is 5.32 Å². The maximum Gasteiger partial charge on any atom is 0.336 e. The summed E-state index contributed by atoms with van der Waals surface area (Å²) in [6.45, 7) is -0.140. The molecule has 3 aromatic rings. The lowest BCUT2D eigenvalue weighted by molar-refractivity contribution is -0.123. The molecule has 5 nitrogen and oxygen atoms in total. The molecule has 2 aromatic carbocycles. The molecule has 0 bridgehead atoms. The Bertz CT molecular complexity index is 935. The van der Waals surface area contributed by atoms with Gasteiger partial charge >= 0.3 is 5.63 Å². The fourth-order valence-corrected chi connectivity index (χ4v) is 2.17. The monoisotopic (exact) mass is 327 g/mol. The topological polar surface area (TPSA) is 68.5 Å². The van der Waals surface area contributed by atoms with E-state index < -0.39 is 5.63 Å². The van der Waals surface area contributed by atoms with E-state index in [4.69, 9.17) is 9.15 Å². The summed E-state index contributed by atoms with van der Waals surface area (Å²) in [5.74, 6) is -0.353. The van der Waals surface area contributed by atoms with Crippen LogP contribution in [0.4, 0.5) is 4.39 Å². The molecule has 24 heavy (non-hydrogen) atoms. The van der Waals surface area contributed by atoms with E-state index in [1.165, 1.54) is 12.1 Å². The summed E-state index contributed by atoms with van der Waals surface area (Å²) in [6, 6.07) is 14.1. The Kier molecular flexibility index (Phi) is 4.56. The molecule has 0 aliphatic heterocycles. The van der Waals surface area contributed by atoms with Crippen molar-refractivity contribution in [3.8, 4) is 5.75 Å². The number of amides is 1. The average Bonchev–Trinajstić information content (AvgIpc) is 2.59. The van der Waals surface area contributed by atoms with Crippen LogP contribution in [0.1, 0.15) is 5.56 Å². The van der Waals surface area contributed by atoms with Crippen molar-refractivity contribution in [2.75, 3.05) is 6.61 Å². The van der Waals surface area contributed by atoms with Crippen molar-refractivity contribution in [2.24, 2.45) is 0 Å². The minimum atomic E-state index is -0.456. The van der Waals surface area contributed by atoms with Gasteiger partial charge in [-0.1, -0.05) is 18.2 Å². The Morgan fingerprint density at radius 2 is 1.92 bits per heavy atom. The van der Waals surface area contributed by atoms with Crippen LogP contribution in [-0.2, 0) is 11.3 Å². The number of hydrogen-bond donors (Lipinski definition) is 1. The molecule has 0 fully saturated rings. The van der Waals surface area contributed by atoms with Gasteiger partial charge in [0.25, 0.3) is 5.91 Å². The number of nitrogens with one attached hydrogen (secondary N) is 1. The Morgan fingerprint density at radius 1 is 1.12 bits per heavy atom. The Balaban J connectivity index is 1.58. The molecule has 3 rings (SSSR count). The van der Waals surface area contributed by atoms with Crippen molar-refractivity contribution in [1.29, 1.82) is 0 Å². The number of fused-ring (bicyclic) bond motifs is 1. The highest BCUT2D eigenvalue weighted by atomic mass is 19.1. The second kappa shape index (κ2) is 6.95. The molecule has 1 heterocycles. The van der Waals surface area contributed by atoms with Crippen LogP contribution in [0.2, 0.25) is 0 Å². The molecule has 0 saturated heterocycles. The lowest BCUT2D eigenvalue weighted by Crippen LogP contribution is -2.28. The fraction of sp³-hybridized carbons (Fsp3) is 0.111. The third-order valence-electron chi connectivity index (χ3n) is 3.40. The predicted molar refractivity (Wildman–Crippen MR) is 86.2 cm³/mol. The highest BCUT2D eigenvalue weighted by Crippen LogP contribution is 2.19. The zero-order chi connectivity index (χ0) is 16.9. The maximum atomic E-state index is 13.5. The summed E-state index contributed by atoms with van der Waals surface area (Å²) in [7, 11) is 0. The third kappa shape index (κ3) is 3.78. The fourth-order valence-electron chi connectivity index (χ4n) is 2.17. The van der Waals surface area contributed by atoms with E-state index >= 15 is 0 Å². The number of carbonyl (C=O) groups is 1. The van der Waals surface area contributed by atoms with Gasteiger partial charge in [-0.3, -0.25) is 4.79 Å². The van der Waals surface area contributed by atoms with Crippen molar-refractivity contribution < 1.29 is 18.3 Å². The number of benzene rings is 2. The van der Waals surface area contributed by atoms with E-state index in [0.29, 0.717) is 16.9 Å². The lowest BCUT2D eigenvalue weighted by Gasteiger charge is -2.08. The van der Waals surface area contributed by atoms with Crippen LogP contribution in [0.15, 0.2) is 63.8 Å². The van der Waals surface area contributed by atoms with Crippen LogP contribution in [0, 0.1) is 5.82 Å². The number of rotatable bonds is 5. The van der Waals surface area contributed by atoms with Crippen LogP contribution in [0.3, 0.4) is 0 Å². The first-order valence-corrected chi connectivity index (χ1v) is 7.29. The van der Waals surface area contributed by atoms with Gasteiger partial charge in [0.1, 0.15) is 17.1 Å². The molecule has 1 amide bonds.